The Labute approximate surface area is 129 Å². The standard InChI is InChI=1S/C17H21NO4/c1-18-13-7-11(8-14(18)16-15(13)22-16)21-17(20)12(9-19)10-5-3-2-4-6-10/h2-6,11-16,19H,7-9H2,1H3/t11-,12-,13-,14+,15-,16+/m0/s1. The number of esters is 1. The summed E-state index contributed by atoms with van der Waals surface area (Å²) >= 11 is 0. The molecule has 3 aliphatic rings. The maximum absolute atomic E-state index is 12.4. The Morgan fingerprint density at radius 2 is 1.95 bits per heavy atom. The number of benzene rings is 1. The van der Waals surface area contributed by atoms with Crippen LogP contribution in [0.5, 0.6) is 0 Å². The number of hydrogen-bond acceptors (Lipinski definition) is 5. The molecule has 0 aromatic heterocycles. The van der Waals surface area contributed by atoms with Gasteiger partial charge in [-0.1, -0.05) is 30.3 Å². The molecule has 1 aromatic rings. The highest BCUT2D eigenvalue weighted by Gasteiger charge is 2.62. The van der Waals surface area contributed by atoms with Crippen LogP contribution >= 0.6 is 0 Å². The molecule has 0 radical (unpaired) electrons. The minimum absolute atomic E-state index is 0.0622. The van der Waals surface area contributed by atoms with Gasteiger partial charge in [-0.3, -0.25) is 9.69 Å². The fourth-order valence-electron chi connectivity index (χ4n) is 4.04. The highest BCUT2D eigenvalue weighted by atomic mass is 16.6. The quantitative estimate of drug-likeness (QED) is 0.662. The van der Waals surface area contributed by atoms with Crippen molar-refractivity contribution in [3.8, 4) is 0 Å². The van der Waals surface area contributed by atoms with E-state index < -0.39 is 5.92 Å². The summed E-state index contributed by atoms with van der Waals surface area (Å²) in [6.45, 7) is -0.226. The molecular weight excluding hydrogens is 282 g/mol. The van der Waals surface area contributed by atoms with Crippen molar-refractivity contribution in [2.75, 3.05) is 13.7 Å². The third-order valence-corrected chi connectivity index (χ3v) is 5.33. The lowest BCUT2D eigenvalue weighted by atomic mass is 9.97. The van der Waals surface area contributed by atoms with E-state index in [1.165, 1.54) is 0 Å². The predicted octanol–water partition coefficient (Wildman–Crippen LogP) is 0.918. The van der Waals surface area contributed by atoms with Gasteiger partial charge in [0.15, 0.2) is 0 Å². The number of aliphatic hydroxyl groups excluding tert-OH is 1. The maximum Gasteiger partial charge on any atom is 0.316 e. The number of ether oxygens (including phenoxy) is 2. The third-order valence-electron chi connectivity index (χ3n) is 5.33. The van der Waals surface area contributed by atoms with Crippen LogP contribution in [0.4, 0.5) is 0 Å². The summed E-state index contributed by atoms with van der Waals surface area (Å²) in [6, 6.07) is 10.1. The highest BCUT2D eigenvalue weighted by molar-refractivity contribution is 5.78. The zero-order chi connectivity index (χ0) is 15.3. The molecule has 5 nitrogen and oxygen atoms in total. The number of aliphatic hydroxyl groups is 1. The van der Waals surface area contributed by atoms with Crippen molar-refractivity contribution < 1.29 is 19.4 Å². The lowest BCUT2D eigenvalue weighted by Crippen LogP contribution is -2.48. The Bertz CT molecular complexity index is 545. The molecule has 3 fully saturated rings. The summed E-state index contributed by atoms with van der Waals surface area (Å²) in [5.74, 6) is -0.915. The first-order chi connectivity index (χ1) is 10.7. The molecule has 0 spiro atoms. The number of likely N-dealkylation sites (N-methyl/N-ethyl adjacent to an activating group) is 1. The fourth-order valence-corrected chi connectivity index (χ4v) is 4.04. The Kier molecular flexibility index (Phi) is 3.44. The van der Waals surface area contributed by atoms with E-state index in [9.17, 15) is 9.90 Å². The van der Waals surface area contributed by atoms with E-state index in [2.05, 4.69) is 11.9 Å². The molecule has 118 valence electrons. The second-order valence-electron chi connectivity index (χ2n) is 6.54. The van der Waals surface area contributed by atoms with Gasteiger partial charge < -0.3 is 14.6 Å². The second kappa shape index (κ2) is 5.33. The van der Waals surface area contributed by atoms with Crippen LogP contribution in [0.15, 0.2) is 30.3 Å². The van der Waals surface area contributed by atoms with Gasteiger partial charge in [0.25, 0.3) is 0 Å². The number of carbonyl (C=O) groups is 1. The number of rotatable bonds is 4. The molecule has 1 N–H and O–H groups in total. The first-order valence-corrected chi connectivity index (χ1v) is 7.92. The van der Waals surface area contributed by atoms with Crippen molar-refractivity contribution in [2.24, 2.45) is 0 Å². The first kappa shape index (κ1) is 14.2. The number of epoxide rings is 1. The van der Waals surface area contributed by atoms with Crippen LogP contribution in [0.1, 0.15) is 24.3 Å². The fraction of sp³-hybridized carbons (Fsp3) is 0.588. The van der Waals surface area contributed by atoms with Gasteiger partial charge in [-0.2, -0.15) is 0 Å². The molecule has 22 heavy (non-hydrogen) atoms. The molecule has 4 rings (SSSR count). The van der Waals surface area contributed by atoms with Gasteiger partial charge in [0.05, 0.1) is 6.61 Å². The van der Waals surface area contributed by atoms with Crippen molar-refractivity contribution in [1.82, 2.24) is 4.90 Å². The van der Waals surface area contributed by atoms with Crippen LogP contribution in [0.25, 0.3) is 0 Å². The maximum atomic E-state index is 12.4. The van der Waals surface area contributed by atoms with E-state index in [4.69, 9.17) is 9.47 Å². The zero-order valence-corrected chi connectivity index (χ0v) is 12.6. The topological polar surface area (TPSA) is 62.3 Å². The van der Waals surface area contributed by atoms with Crippen molar-refractivity contribution in [3.05, 3.63) is 35.9 Å². The van der Waals surface area contributed by atoms with Crippen molar-refractivity contribution in [2.45, 2.75) is 49.2 Å². The van der Waals surface area contributed by atoms with Gasteiger partial charge in [-0.05, 0) is 12.6 Å². The van der Waals surface area contributed by atoms with Crippen LogP contribution in [0.2, 0.25) is 0 Å². The van der Waals surface area contributed by atoms with E-state index in [0.717, 1.165) is 18.4 Å². The summed E-state index contributed by atoms with van der Waals surface area (Å²) in [5, 5.41) is 9.56. The summed E-state index contributed by atoms with van der Waals surface area (Å²) in [5.41, 5.74) is 0.803. The van der Waals surface area contributed by atoms with E-state index in [-0.39, 0.29) is 18.7 Å². The van der Waals surface area contributed by atoms with Crippen LogP contribution in [0.3, 0.4) is 0 Å². The highest BCUT2D eigenvalue weighted by Crippen LogP contribution is 2.48. The van der Waals surface area contributed by atoms with Crippen molar-refractivity contribution in [3.63, 3.8) is 0 Å². The molecule has 0 amide bonds. The zero-order valence-electron chi connectivity index (χ0n) is 12.6. The molecule has 2 bridgehead atoms. The summed E-state index contributed by atoms with van der Waals surface area (Å²) in [7, 11) is 2.13. The smallest absolute Gasteiger partial charge is 0.316 e. The van der Waals surface area contributed by atoms with Gasteiger partial charge in [-0.25, -0.2) is 0 Å². The average molecular weight is 303 g/mol. The Morgan fingerprint density at radius 3 is 2.55 bits per heavy atom. The number of fused-ring (bicyclic) bond motifs is 5. The molecule has 3 saturated heterocycles. The predicted molar refractivity (Wildman–Crippen MR) is 79.4 cm³/mol. The van der Waals surface area contributed by atoms with Crippen molar-refractivity contribution in [1.29, 1.82) is 0 Å². The summed E-state index contributed by atoms with van der Waals surface area (Å²) in [6.07, 6.45) is 2.26. The SMILES string of the molecule is CN1[C@@H]2C[C@@H](OC(=O)[C@@H](CO)c3ccccc3)C[C@H]1[C@@H]1O[C@@H]12. The van der Waals surface area contributed by atoms with Crippen molar-refractivity contribution >= 4 is 5.97 Å². The van der Waals surface area contributed by atoms with E-state index in [0.29, 0.717) is 24.3 Å². The van der Waals surface area contributed by atoms with E-state index >= 15 is 0 Å². The Hall–Kier alpha value is -1.43. The molecule has 0 aliphatic carbocycles. The normalized spacial score (nSPS) is 37.5. The monoisotopic (exact) mass is 303 g/mol. The van der Waals surface area contributed by atoms with E-state index in [1.807, 2.05) is 30.3 Å². The molecule has 0 unspecified atom stereocenters. The summed E-state index contributed by atoms with van der Waals surface area (Å²) in [4.78, 5) is 14.8. The lowest BCUT2D eigenvalue weighted by molar-refractivity contribution is -0.156. The van der Waals surface area contributed by atoms with Crippen LogP contribution < -0.4 is 0 Å². The Morgan fingerprint density at radius 1 is 1.32 bits per heavy atom. The average Bonchev–Trinajstić information content (AvgIpc) is 3.27. The largest absolute Gasteiger partial charge is 0.462 e. The van der Waals surface area contributed by atoms with Crippen LogP contribution in [0, 0.1) is 0 Å². The third kappa shape index (κ3) is 2.24. The number of nitrogens with zero attached hydrogens (tertiary/aromatic N) is 1. The Balaban J connectivity index is 1.42. The molecule has 3 heterocycles. The molecule has 5 heteroatoms. The van der Waals surface area contributed by atoms with Gasteiger partial charge >= 0.3 is 5.97 Å². The second-order valence-corrected chi connectivity index (χ2v) is 6.54. The van der Waals surface area contributed by atoms with Crippen LogP contribution in [-0.2, 0) is 14.3 Å². The van der Waals surface area contributed by atoms with Gasteiger partial charge in [0, 0.05) is 24.9 Å². The molecule has 3 aliphatic heterocycles. The lowest BCUT2D eigenvalue weighted by Gasteiger charge is -2.38. The minimum Gasteiger partial charge on any atom is -0.462 e. The molecular formula is C17H21NO4. The van der Waals surface area contributed by atoms with E-state index in [1.54, 1.807) is 0 Å². The van der Waals surface area contributed by atoms with Crippen LogP contribution in [-0.4, -0.2) is 60.0 Å². The number of morpholine rings is 1. The number of piperidine rings is 1. The molecule has 6 atom stereocenters. The molecule has 1 aromatic carbocycles. The van der Waals surface area contributed by atoms with Gasteiger partial charge in [0.1, 0.15) is 24.2 Å². The number of carbonyl (C=O) groups excluding carboxylic acids is 1. The minimum atomic E-state index is -0.593. The summed E-state index contributed by atoms with van der Waals surface area (Å²) < 4.78 is 11.4. The number of hydrogen-bond donors (Lipinski definition) is 1. The molecule has 0 saturated carbocycles. The van der Waals surface area contributed by atoms with Gasteiger partial charge in [-0.15, -0.1) is 0 Å². The first-order valence-electron chi connectivity index (χ1n) is 7.92. The van der Waals surface area contributed by atoms with Gasteiger partial charge in [0.2, 0.25) is 0 Å².